The Labute approximate surface area is 217 Å². The van der Waals surface area contributed by atoms with Gasteiger partial charge in [-0.1, -0.05) is 30.3 Å². The monoisotopic (exact) mass is 499 g/mol. The van der Waals surface area contributed by atoms with Crippen molar-refractivity contribution in [2.75, 3.05) is 27.4 Å². The van der Waals surface area contributed by atoms with Gasteiger partial charge in [-0.3, -0.25) is 4.79 Å². The zero-order valence-corrected chi connectivity index (χ0v) is 22.0. The van der Waals surface area contributed by atoms with Crippen molar-refractivity contribution in [2.45, 2.75) is 27.2 Å². The summed E-state index contributed by atoms with van der Waals surface area (Å²) in [6.07, 6.45) is 4.07. The Morgan fingerprint density at radius 2 is 1.81 bits per heavy atom. The SMILES string of the molecule is CCOc1c(/C(C)=C/C(=O)NCCc2ccccc2OC)cc2c(-c3ccc(OC)cc3)coc2c1C. The van der Waals surface area contributed by atoms with E-state index in [2.05, 4.69) is 5.32 Å². The van der Waals surface area contributed by atoms with Crippen molar-refractivity contribution in [3.8, 4) is 28.4 Å². The molecule has 1 amide bonds. The number of fused-ring (bicyclic) bond motifs is 1. The van der Waals surface area contributed by atoms with E-state index in [4.69, 9.17) is 18.6 Å². The molecule has 4 rings (SSSR count). The molecule has 0 aliphatic rings. The summed E-state index contributed by atoms with van der Waals surface area (Å²) in [4.78, 5) is 12.8. The lowest BCUT2D eigenvalue weighted by atomic mass is 9.96. The van der Waals surface area contributed by atoms with E-state index in [-0.39, 0.29) is 5.91 Å². The van der Waals surface area contributed by atoms with Crippen molar-refractivity contribution in [1.82, 2.24) is 5.32 Å². The number of methoxy groups -OCH3 is 2. The first-order chi connectivity index (χ1) is 18.0. The quantitative estimate of drug-likeness (QED) is 0.249. The van der Waals surface area contributed by atoms with Gasteiger partial charge in [0.1, 0.15) is 22.8 Å². The molecule has 1 aromatic heterocycles. The van der Waals surface area contributed by atoms with Crippen LogP contribution in [0, 0.1) is 6.92 Å². The molecule has 0 saturated heterocycles. The van der Waals surface area contributed by atoms with Gasteiger partial charge in [0.15, 0.2) is 0 Å². The summed E-state index contributed by atoms with van der Waals surface area (Å²) in [7, 11) is 3.30. The second kappa shape index (κ2) is 11.7. The summed E-state index contributed by atoms with van der Waals surface area (Å²) in [5.74, 6) is 2.18. The van der Waals surface area contributed by atoms with Crippen LogP contribution >= 0.6 is 0 Å². The fourth-order valence-electron chi connectivity index (χ4n) is 4.49. The van der Waals surface area contributed by atoms with E-state index in [9.17, 15) is 4.79 Å². The number of benzene rings is 3. The number of rotatable bonds is 10. The third-order valence-corrected chi connectivity index (χ3v) is 6.39. The van der Waals surface area contributed by atoms with Crippen molar-refractivity contribution < 1.29 is 23.4 Å². The van der Waals surface area contributed by atoms with E-state index in [0.717, 1.165) is 61.6 Å². The van der Waals surface area contributed by atoms with Crippen LogP contribution in [0.15, 0.2) is 71.4 Å². The summed E-state index contributed by atoms with van der Waals surface area (Å²) >= 11 is 0. The maximum absolute atomic E-state index is 12.8. The van der Waals surface area contributed by atoms with Crippen LogP contribution in [0.2, 0.25) is 0 Å². The Morgan fingerprint density at radius 1 is 1.05 bits per heavy atom. The lowest BCUT2D eigenvalue weighted by molar-refractivity contribution is -0.116. The van der Waals surface area contributed by atoms with Gasteiger partial charge in [0.2, 0.25) is 5.91 Å². The number of allylic oxidation sites excluding steroid dienone is 1. The molecule has 3 aromatic carbocycles. The molecule has 0 unspecified atom stereocenters. The molecular formula is C31H33NO5. The molecule has 6 nitrogen and oxygen atoms in total. The number of furan rings is 1. The van der Waals surface area contributed by atoms with Gasteiger partial charge in [-0.25, -0.2) is 0 Å². The summed E-state index contributed by atoms with van der Waals surface area (Å²) < 4.78 is 22.7. The molecule has 4 aromatic rings. The van der Waals surface area contributed by atoms with Crippen LogP contribution in [0.1, 0.15) is 30.5 Å². The maximum atomic E-state index is 12.8. The van der Waals surface area contributed by atoms with Gasteiger partial charge >= 0.3 is 0 Å². The van der Waals surface area contributed by atoms with Crippen LogP contribution in [-0.4, -0.2) is 33.3 Å². The van der Waals surface area contributed by atoms with Crippen LogP contribution in [-0.2, 0) is 11.2 Å². The number of ether oxygens (including phenoxy) is 3. The highest BCUT2D eigenvalue weighted by molar-refractivity contribution is 6.01. The van der Waals surface area contributed by atoms with Crippen molar-refractivity contribution in [3.05, 3.63) is 83.6 Å². The van der Waals surface area contributed by atoms with Crippen molar-refractivity contribution in [1.29, 1.82) is 0 Å². The Bertz CT molecular complexity index is 1420. The van der Waals surface area contributed by atoms with Gasteiger partial charge in [-0.05, 0) is 68.2 Å². The normalized spacial score (nSPS) is 11.4. The van der Waals surface area contributed by atoms with E-state index < -0.39 is 0 Å². The summed E-state index contributed by atoms with van der Waals surface area (Å²) in [6, 6.07) is 17.7. The molecule has 37 heavy (non-hydrogen) atoms. The number of hydrogen-bond donors (Lipinski definition) is 1. The van der Waals surface area contributed by atoms with E-state index >= 15 is 0 Å². The topological polar surface area (TPSA) is 69.9 Å². The van der Waals surface area contributed by atoms with Crippen molar-refractivity contribution >= 4 is 22.4 Å². The summed E-state index contributed by atoms with van der Waals surface area (Å²) in [5.41, 5.74) is 6.39. The number of aryl methyl sites for hydroxylation is 1. The summed E-state index contributed by atoms with van der Waals surface area (Å²) in [6.45, 7) is 6.86. The maximum Gasteiger partial charge on any atom is 0.244 e. The molecule has 0 radical (unpaired) electrons. The second-order valence-electron chi connectivity index (χ2n) is 8.75. The zero-order valence-electron chi connectivity index (χ0n) is 22.0. The average molecular weight is 500 g/mol. The molecule has 0 atom stereocenters. The van der Waals surface area contributed by atoms with E-state index in [1.165, 1.54) is 0 Å². The highest BCUT2D eigenvalue weighted by Crippen LogP contribution is 2.41. The number of nitrogens with one attached hydrogen (secondary N) is 1. The Kier molecular flexibility index (Phi) is 8.18. The number of carbonyl (C=O) groups excluding carboxylic acids is 1. The fourth-order valence-corrected chi connectivity index (χ4v) is 4.49. The lowest BCUT2D eigenvalue weighted by Crippen LogP contribution is -2.24. The van der Waals surface area contributed by atoms with Crippen LogP contribution in [0.3, 0.4) is 0 Å². The minimum atomic E-state index is -0.157. The molecular weight excluding hydrogens is 466 g/mol. The molecule has 0 aliphatic heterocycles. The molecule has 0 bridgehead atoms. The lowest BCUT2D eigenvalue weighted by Gasteiger charge is -2.15. The number of amides is 1. The van der Waals surface area contributed by atoms with Gasteiger partial charge in [0.25, 0.3) is 0 Å². The van der Waals surface area contributed by atoms with E-state index in [0.29, 0.717) is 19.6 Å². The van der Waals surface area contributed by atoms with Crippen molar-refractivity contribution in [2.24, 2.45) is 0 Å². The first-order valence-corrected chi connectivity index (χ1v) is 12.4. The van der Waals surface area contributed by atoms with Crippen LogP contribution < -0.4 is 19.5 Å². The minimum absolute atomic E-state index is 0.157. The molecule has 0 saturated carbocycles. The highest BCUT2D eigenvalue weighted by atomic mass is 16.5. The van der Waals surface area contributed by atoms with Crippen molar-refractivity contribution in [3.63, 3.8) is 0 Å². The molecule has 0 fully saturated rings. The first-order valence-electron chi connectivity index (χ1n) is 12.4. The molecule has 1 N–H and O–H groups in total. The largest absolute Gasteiger partial charge is 0.497 e. The predicted molar refractivity (Wildman–Crippen MR) is 147 cm³/mol. The van der Waals surface area contributed by atoms with Gasteiger partial charge in [-0.15, -0.1) is 0 Å². The zero-order chi connectivity index (χ0) is 26.4. The van der Waals surface area contributed by atoms with Crippen LogP contribution in [0.5, 0.6) is 17.2 Å². The van der Waals surface area contributed by atoms with Gasteiger partial charge in [0.05, 0.1) is 27.1 Å². The highest BCUT2D eigenvalue weighted by Gasteiger charge is 2.19. The Hall–Kier alpha value is -4.19. The molecule has 0 spiro atoms. The van der Waals surface area contributed by atoms with Gasteiger partial charge < -0.3 is 23.9 Å². The Balaban J connectivity index is 1.62. The average Bonchev–Trinajstić information content (AvgIpc) is 3.34. The third-order valence-electron chi connectivity index (χ3n) is 6.39. The second-order valence-corrected chi connectivity index (χ2v) is 8.75. The minimum Gasteiger partial charge on any atom is -0.497 e. The van der Waals surface area contributed by atoms with Gasteiger partial charge in [0, 0.05) is 34.7 Å². The Morgan fingerprint density at radius 3 is 2.51 bits per heavy atom. The molecule has 0 aliphatic carbocycles. The molecule has 6 heteroatoms. The molecule has 1 heterocycles. The number of carbonyl (C=O) groups is 1. The first kappa shape index (κ1) is 25.9. The van der Waals surface area contributed by atoms with E-state index in [1.807, 2.05) is 75.4 Å². The van der Waals surface area contributed by atoms with Crippen LogP contribution in [0.25, 0.3) is 27.7 Å². The fraction of sp³-hybridized carbons (Fsp3) is 0.258. The molecule has 192 valence electrons. The smallest absolute Gasteiger partial charge is 0.244 e. The standard InChI is InChI=1S/C31H33NO5/c1-6-36-30-21(3)31-26(27(19-37-31)22-11-13-24(34-4)14-12-22)18-25(30)20(2)17-29(33)32-16-15-23-9-7-8-10-28(23)35-5/h7-14,17-19H,6,15-16H2,1-5H3,(H,32,33)/b20-17+. The van der Waals surface area contributed by atoms with E-state index in [1.54, 1.807) is 26.6 Å². The summed E-state index contributed by atoms with van der Waals surface area (Å²) in [5, 5.41) is 3.95. The third kappa shape index (κ3) is 5.64. The van der Waals surface area contributed by atoms with Crippen LogP contribution in [0.4, 0.5) is 0 Å². The van der Waals surface area contributed by atoms with Gasteiger partial charge in [-0.2, -0.15) is 0 Å². The number of para-hydroxylation sites is 1. The number of hydrogen-bond acceptors (Lipinski definition) is 5. The predicted octanol–water partition coefficient (Wildman–Crippen LogP) is 6.59.